The van der Waals surface area contributed by atoms with Gasteiger partial charge in [-0.1, -0.05) is 44.6 Å². The largest absolute Gasteiger partial charge is 0.504 e. The van der Waals surface area contributed by atoms with Gasteiger partial charge in [0.25, 0.3) is 0 Å². The molecule has 1 aliphatic heterocycles. The standard InChI is InChI=1S/C26H32O6/c1-30-24-16-19(10-13-22(24)28)17-25-26(29)21-12-11-20(18-23(21)32-25)31-15-9-7-5-3-2-4-6-8-14-27/h10-13,16-18,27-28H,2-9,14-15H2,1H3/b25-17-. The summed E-state index contributed by atoms with van der Waals surface area (Å²) in [7, 11) is 1.47. The first kappa shape index (κ1) is 23.7. The summed E-state index contributed by atoms with van der Waals surface area (Å²) in [5.41, 5.74) is 1.20. The number of rotatable bonds is 13. The number of methoxy groups -OCH3 is 1. The van der Waals surface area contributed by atoms with Gasteiger partial charge in [0.2, 0.25) is 5.78 Å². The average molecular weight is 441 g/mol. The summed E-state index contributed by atoms with van der Waals surface area (Å²) < 4.78 is 16.7. The van der Waals surface area contributed by atoms with Gasteiger partial charge in [-0.2, -0.15) is 0 Å². The van der Waals surface area contributed by atoms with Gasteiger partial charge in [0.1, 0.15) is 11.5 Å². The molecule has 3 rings (SSSR count). The molecule has 2 aromatic carbocycles. The van der Waals surface area contributed by atoms with Gasteiger partial charge in [-0.3, -0.25) is 4.79 Å². The summed E-state index contributed by atoms with van der Waals surface area (Å²) in [5.74, 6) is 1.60. The molecule has 2 aromatic rings. The van der Waals surface area contributed by atoms with Crippen molar-refractivity contribution < 1.29 is 29.2 Å². The first-order chi connectivity index (χ1) is 15.6. The minimum atomic E-state index is -0.183. The number of Topliss-reactive ketones (excluding diaryl/α,β-unsaturated/α-hetero) is 1. The Kier molecular flexibility index (Phi) is 8.99. The molecule has 0 aromatic heterocycles. The zero-order chi connectivity index (χ0) is 22.8. The van der Waals surface area contributed by atoms with Crippen LogP contribution < -0.4 is 14.2 Å². The predicted octanol–water partition coefficient (Wildman–Crippen LogP) is 5.51. The average Bonchev–Trinajstić information content (AvgIpc) is 3.10. The fraction of sp³-hybridized carbons (Fsp3) is 0.423. The first-order valence-electron chi connectivity index (χ1n) is 11.3. The lowest BCUT2D eigenvalue weighted by molar-refractivity contribution is 0.101. The summed E-state index contributed by atoms with van der Waals surface area (Å²) in [4.78, 5) is 12.7. The Morgan fingerprint density at radius 3 is 2.38 bits per heavy atom. The number of aliphatic hydroxyl groups is 1. The number of fused-ring (bicyclic) bond motifs is 1. The molecule has 0 bridgehead atoms. The smallest absolute Gasteiger partial charge is 0.231 e. The number of allylic oxidation sites excluding steroid dienone is 1. The number of carbonyl (C=O) groups is 1. The number of hydrogen-bond donors (Lipinski definition) is 2. The fourth-order valence-corrected chi connectivity index (χ4v) is 3.66. The van der Waals surface area contributed by atoms with Crippen LogP contribution in [0.1, 0.15) is 67.3 Å². The Morgan fingerprint density at radius 2 is 1.66 bits per heavy atom. The SMILES string of the molecule is COc1cc(/C=C2\Oc3cc(OCCCCCCCCCCO)ccc3C2=O)ccc1O. The van der Waals surface area contributed by atoms with Crippen molar-refractivity contribution in [3.63, 3.8) is 0 Å². The van der Waals surface area contributed by atoms with E-state index in [1.54, 1.807) is 36.4 Å². The number of hydrogen-bond acceptors (Lipinski definition) is 6. The van der Waals surface area contributed by atoms with E-state index in [9.17, 15) is 9.90 Å². The van der Waals surface area contributed by atoms with E-state index >= 15 is 0 Å². The number of phenolic OH excluding ortho intramolecular Hbond substituents is 1. The van der Waals surface area contributed by atoms with Gasteiger partial charge in [-0.25, -0.2) is 0 Å². The van der Waals surface area contributed by atoms with Gasteiger partial charge < -0.3 is 24.4 Å². The molecule has 0 radical (unpaired) electrons. The monoisotopic (exact) mass is 440 g/mol. The highest BCUT2D eigenvalue weighted by molar-refractivity contribution is 6.14. The zero-order valence-corrected chi connectivity index (χ0v) is 18.6. The van der Waals surface area contributed by atoms with Crippen LogP contribution in [0, 0.1) is 0 Å². The van der Waals surface area contributed by atoms with Crippen LogP contribution in [0.3, 0.4) is 0 Å². The van der Waals surface area contributed by atoms with E-state index in [1.807, 2.05) is 0 Å². The lowest BCUT2D eigenvalue weighted by atomic mass is 10.1. The third-order valence-corrected chi connectivity index (χ3v) is 5.46. The molecule has 0 fully saturated rings. The molecule has 1 aliphatic rings. The Balaban J connectivity index is 1.46. The maximum Gasteiger partial charge on any atom is 0.231 e. The molecular formula is C26H32O6. The Hall–Kier alpha value is -2.99. The molecule has 0 spiro atoms. The van der Waals surface area contributed by atoms with Gasteiger partial charge in [-0.05, 0) is 48.7 Å². The van der Waals surface area contributed by atoms with Gasteiger partial charge in [0.15, 0.2) is 17.3 Å². The third kappa shape index (κ3) is 6.50. The molecule has 0 unspecified atom stereocenters. The number of carbonyl (C=O) groups excluding carboxylic acids is 1. The van der Waals surface area contributed by atoms with Crippen LogP contribution in [0.2, 0.25) is 0 Å². The Labute approximate surface area is 189 Å². The summed E-state index contributed by atoms with van der Waals surface area (Å²) in [6.45, 7) is 0.928. The molecule has 6 heteroatoms. The second kappa shape index (κ2) is 12.2. The summed E-state index contributed by atoms with van der Waals surface area (Å²) in [6, 6.07) is 10.1. The Morgan fingerprint density at radius 1 is 0.938 bits per heavy atom. The Bertz CT molecular complexity index is 934. The molecule has 2 N–H and O–H groups in total. The highest BCUT2D eigenvalue weighted by Gasteiger charge is 2.27. The van der Waals surface area contributed by atoms with Crippen molar-refractivity contribution in [3.05, 3.63) is 53.3 Å². The van der Waals surface area contributed by atoms with Crippen LogP contribution >= 0.6 is 0 Å². The molecule has 32 heavy (non-hydrogen) atoms. The zero-order valence-electron chi connectivity index (χ0n) is 18.6. The van der Waals surface area contributed by atoms with E-state index in [2.05, 4.69) is 0 Å². The minimum Gasteiger partial charge on any atom is -0.504 e. The van der Waals surface area contributed by atoms with E-state index in [-0.39, 0.29) is 17.3 Å². The van der Waals surface area contributed by atoms with Crippen molar-refractivity contribution in [2.45, 2.75) is 51.4 Å². The number of ether oxygens (including phenoxy) is 3. The van der Waals surface area contributed by atoms with Crippen molar-refractivity contribution in [1.82, 2.24) is 0 Å². The third-order valence-electron chi connectivity index (χ3n) is 5.46. The molecule has 0 amide bonds. The van der Waals surface area contributed by atoms with Crippen LogP contribution in [0.15, 0.2) is 42.2 Å². The molecule has 1 heterocycles. The van der Waals surface area contributed by atoms with Crippen LogP contribution in [0.25, 0.3) is 6.08 Å². The fourth-order valence-electron chi connectivity index (χ4n) is 3.66. The second-order valence-electron chi connectivity index (χ2n) is 7.93. The summed E-state index contributed by atoms with van der Waals surface area (Å²) >= 11 is 0. The molecule has 172 valence electrons. The maximum absolute atomic E-state index is 12.7. The predicted molar refractivity (Wildman–Crippen MR) is 124 cm³/mol. The lowest BCUT2D eigenvalue weighted by Crippen LogP contribution is -1.98. The second-order valence-corrected chi connectivity index (χ2v) is 7.93. The maximum atomic E-state index is 12.7. The van der Waals surface area contributed by atoms with E-state index in [0.29, 0.717) is 41.6 Å². The van der Waals surface area contributed by atoms with Crippen LogP contribution in [0.4, 0.5) is 0 Å². The molecule has 0 saturated heterocycles. The quantitative estimate of drug-likeness (QED) is 0.316. The molecule has 0 saturated carbocycles. The highest BCUT2D eigenvalue weighted by atomic mass is 16.5. The van der Waals surface area contributed by atoms with Crippen molar-refractivity contribution in [3.8, 4) is 23.0 Å². The number of ketones is 1. The van der Waals surface area contributed by atoms with Gasteiger partial charge >= 0.3 is 0 Å². The van der Waals surface area contributed by atoms with E-state index in [4.69, 9.17) is 19.3 Å². The summed E-state index contributed by atoms with van der Waals surface area (Å²) in [5, 5.41) is 18.5. The van der Waals surface area contributed by atoms with Crippen LogP contribution in [-0.4, -0.2) is 36.3 Å². The lowest BCUT2D eigenvalue weighted by Gasteiger charge is -2.07. The van der Waals surface area contributed by atoms with E-state index in [1.165, 1.54) is 38.9 Å². The highest BCUT2D eigenvalue weighted by Crippen LogP contribution is 2.35. The number of unbranched alkanes of at least 4 members (excludes halogenated alkanes) is 7. The van der Waals surface area contributed by atoms with Crippen molar-refractivity contribution in [2.24, 2.45) is 0 Å². The normalized spacial score (nSPS) is 13.8. The van der Waals surface area contributed by atoms with Gasteiger partial charge in [0, 0.05) is 12.7 Å². The number of aliphatic hydroxyl groups excluding tert-OH is 1. The molecule has 0 aliphatic carbocycles. The van der Waals surface area contributed by atoms with E-state index < -0.39 is 0 Å². The molecular weight excluding hydrogens is 408 g/mol. The number of benzene rings is 2. The summed E-state index contributed by atoms with van der Waals surface area (Å²) in [6.07, 6.45) is 10.6. The minimum absolute atomic E-state index is 0.0384. The first-order valence-corrected chi connectivity index (χ1v) is 11.3. The topological polar surface area (TPSA) is 85.2 Å². The van der Waals surface area contributed by atoms with Gasteiger partial charge in [-0.15, -0.1) is 0 Å². The molecule has 0 atom stereocenters. The number of aromatic hydroxyl groups is 1. The van der Waals surface area contributed by atoms with Crippen LogP contribution in [0.5, 0.6) is 23.0 Å². The van der Waals surface area contributed by atoms with Crippen LogP contribution in [-0.2, 0) is 0 Å². The van der Waals surface area contributed by atoms with Crippen molar-refractivity contribution in [2.75, 3.05) is 20.3 Å². The van der Waals surface area contributed by atoms with Gasteiger partial charge in [0.05, 0.1) is 19.3 Å². The molecule has 6 nitrogen and oxygen atoms in total. The van der Waals surface area contributed by atoms with E-state index in [0.717, 1.165) is 25.7 Å². The number of phenols is 1. The van der Waals surface area contributed by atoms with Crippen molar-refractivity contribution >= 4 is 11.9 Å². The van der Waals surface area contributed by atoms with Crippen molar-refractivity contribution in [1.29, 1.82) is 0 Å².